The zero-order chi connectivity index (χ0) is 12.2. The molecule has 0 bridgehead atoms. The van der Waals surface area contributed by atoms with Crippen molar-refractivity contribution in [1.82, 2.24) is 9.62 Å². The van der Waals surface area contributed by atoms with Gasteiger partial charge in [0.15, 0.2) is 0 Å². The lowest BCUT2D eigenvalue weighted by molar-refractivity contribution is 0.361. The number of hydrogen-bond acceptors (Lipinski definition) is 4. The molecule has 1 aliphatic heterocycles. The van der Waals surface area contributed by atoms with Gasteiger partial charge in [-0.1, -0.05) is 6.92 Å². The van der Waals surface area contributed by atoms with Crippen LogP contribution < -0.4 is 5.32 Å². The van der Waals surface area contributed by atoms with Gasteiger partial charge in [0.25, 0.3) is 0 Å². The van der Waals surface area contributed by atoms with Crippen LogP contribution in [0.4, 0.5) is 0 Å². The molecule has 2 unspecified atom stereocenters. The van der Waals surface area contributed by atoms with E-state index in [1.807, 2.05) is 25.6 Å². The van der Waals surface area contributed by atoms with Gasteiger partial charge in [-0.3, -0.25) is 0 Å². The van der Waals surface area contributed by atoms with Crippen LogP contribution in [0.25, 0.3) is 0 Å². The van der Waals surface area contributed by atoms with E-state index in [9.17, 15) is 8.42 Å². The summed E-state index contributed by atoms with van der Waals surface area (Å²) in [7, 11) is -3.13. The predicted molar refractivity (Wildman–Crippen MR) is 70.4 cm³/mol. The highest BCUT2D eigenvalue weighted by Crippen LogP contribution is 2.21. The summed E-state index contributed by atoms with van der Waals surface area (Å²) in [6, 6.07) is 0.132. The van der Waals surface area contributed by atoms with Gasteiger partial charge >= 0.3 is 0 Å². The fraction of sp³-hybridized carbons (Fsp3) is 1.00. The molecule has 1 N–H and O–H groups in total. The van der Waals surface area contributed by atoms with Crippen LogP contribution in [0.3, 0.4) is 0 Å². The zero-order valence-electron chi connectivity index (χ0n) is 10.3. The summed E-state index contributed by atoms with van der Waals surface area (Å²) in [4.78, 5) is 0. The van der Waals surface area contributed by atoms with Gasteiger partial charge in [0, 0.05) is 30.6 Å². The standard InChI is InChI=1S/C10H22N2O2S2/c1-4-11-7-10(3)16(13,14)12-5-6-15-8-9(12)2/h9-11H,4-8H2,1-3H3. The van der Waals surface area contributed by atoms with Crippen molar-refractivity contribution in [3.63, 3.8) is 0 Å². The molecule has 0 amide bonds. The van der Waals surface area contributed by atoms with Gasteiger partial charge in [-0.25, -0.2) is 8.42 Å². The molecule has 1 aliphatic rings. The third-order valence-corrected chi connectivity index (χ3v) is 6.39. The lowest BCUT2D eigenvalue weighted by Crippen LogP contribution is -2.49. The normalized spacial score (nSPS) is 25.6. The number of thioether (sulfide) groups is 1. The van der Waals surface area contributed by atoms with Crippen molar-refractivity contribution in [2.24, 2.45) is 0 Å². The molecule has 0 aromatic carbocycles. The Balaban J connectivity index is 2.67. The first-order valence-corrected chi connectivity index (χ1v) is 8.45. The van der Waals surface area contributed by atoms with E-state index in [-0.39, 0.29) is 11.3 Å². The minimum Gasteiger partial charge on any atom is -0.316 e. The van der Waals surface area contributed by atoms with E-state index < -0.39 is 10.0 Å². The summed E-state index contributed by atoms with van der Waals surface area (Å²) in [6.45, 7) is 7.76. The molecule has 2 atom stereocenters. The zero-order valence-corrected chi connectivity index (χ0v) is 11.9. The minimum absolute atomic E-state index is 0.132. The smallest absolute Gasteiger partial charge is 0.218 e. The van der Waals surface area contributed by atoms with Crippen molar-refractivity contribution in [2.45, 2.75) is 32.1 Å². The van der Waals surface area contributed by atoms with E-state index in [1.165, 1.54) is 0 Å². The largest absolute Gasteiger partial charge is 0.316 e. The topological polar surface area (TPSA) is 49.4 Å². The number of sulfonamides is 1. The second-order valence-electron chi connectivity index (χ2n) is 4.20. The van der Waals surface area contributed by atoms with Gasteiger partial charge in [-0.05, 0) is 20.4 Å². The summed E-state index contributed by atoms with van der Waals surface area (Å²) >= 11 is 1.83. The Kier molecular flexibility index (Phi) is 5.56. The Labute approximate surface area is 103 Å². The van der Waals surface area contributed by atoms with Crippen molar-refractivity contribution >= 4 is 21.8 Å². The Morgan fingerprint density at radius 1 is 1.56 bits per heavy atom. The monoisotopic (exact) mass is 266 g/mol. The van der Waals surface area contributed by atoms with Gasteiger partial charge in [0.1, 0.15) is 0 Å². The van der Waals surface area contributed by atoms with Gasteiger partial charge in [0.05, 0.1) is 5.25 Å². The fourth-order valence-electron chi connectivity index (χ4n) is 1.77. The average Bonchev–Trinajstić information content (AvgIpc) is 2.26. The van der Waals surface area contributed by atoms with Crippen LogP contribution in [0.5, 0.6) is 0 Å². The van der Waals surface area contributed by atoms with Crippen molar-refractivity contribution in [2.75, 3.05) is 31.1 Å². The SMILES string of the molecule is CCNCC(C)S(=O)(=O)N1CCSCC1C. The van der Waals surface area contributed by atoms with E-state index >= 15 is 0 Å². The van der Waals surface area contributed by atoms with Crippen LogP contribution in [-0.2, 0) is 10.0 Å². The maximum atomic E-state index is 12.3. The molecule has 0 spiro atoms. The molecular weight excluding hydrogens is 244 g/mol. The number of nitrogens with zero attached hydrogens (tertiary/aromatic N) is 1. The summed E-state index contributed by atoms with van der Waals surface area (Å²) in [6.07, 6.45) is 0. The second-order valence-corrected chi connectivity index (χ2v) is 7.65. The molecular formula is C10H22N2O2S2. The number of rotatable bonds is 5. The number of nitrogens with one attached hydrogen (secondary N) is 1. The number of hydrogen-bond donors (Lipinski definition) is 1. The maximum absolute atomic E-state index is 12.3. The average molecular weight is 266 g/mol. The Bertz CT molecular complexity index is 306. The lowest BCUT2D eigenvalue weighted by Gasteiger charge is -2.34. The van der Waals surface area contributed by atoms with Crippen molar-refractivity contribution in [3.8, 4) is 0 Å². The highest BCUT2D eigenvalue weighted by atomic mass is 32.2. The molecule has 96 valence electrons. The van der Waals surface area contributed by atoms with Crippen LogP contribution >= 0.6 is 11.8 Å². The molecule has 6 heteroatoms. The Morgan fingerprint density at radius 3 is 2.81 bits per heavy atom. The van der Waals surface area contributed by atoms with Crippen LogP contribution in [0, 0.1) is 0 Å². The maximum Gasteiger partial charge on any atom is 0.218 e. The highest BCUT2D eigenvalue weighted by molar-refractivity contribution is 7.99. The molecule has 16 heavy (non-hydrogen) atoms. The van der Waals surface area contributed by atoms with Crippen LogP contribution in [0.15, 0.2) is 0 Å². The van der Waals surface area contributed by atoms with Crippen LogP contribution in [0.2, 0.25) is 0 Å². The molecule has 1 fully saturated rings. The van der Waals surface area contributed by atoms with Gasteiger partial charge < -0.3 is 5.32 Å². The Hall–Kier alpha value is 0.220. The highest BCUT2D eigenvalue weighted by Gasteiger charge is 2.33. The lowest BCUT2D eigenvalue weighted by atomic mass is 10.4. The minimum atomic E-state index is -3.13. The quantitative estimate of drug-likeness (QED) is 0.798. The van der Waals surface area contributed by atoms with Crippen molar-refractivity contribution < 1.29 is 8.42 Å². The van der Waals surface area contributed by atoms with Crippen molar-refractivity contribution in [1.29, 1.82) is 0 Å². The molecule has 1 heterocycles. The summed E-state index contributed by atoms with van der Waals surface area (Å²) < 4.78 is 26.2. The molecule has 0 saturated carbocycles. The molecule has 4 nitrogen and oxygen atoms in total. The molecule has 0 aromatic heterocycles. The summed E-state index contributed by atoms with van der Waals surface area (Å²) in [5.41, 5.74) is 0. The molecule has 1 saturated heterocycles. The molecule has 1 rings (SSSR count). The van der Waals surface area contributed by atoms with Crippen LogP contribution in [-0.4, -0.2) is 55.2 Å². The second kappa shape index (κ2) is 6.23. The van der Waals surface area contributed by atoms with E-state index in [0.717, 1.165) is 18.1 Å². The molecule has 0 radical (unpaired) electrons. The molecule has 0 aliphatic carbocycles. The predicted octanol–water partition coefficient (Wildman–Crippen LogP) is 0.751. The van der Waals surface area contributed by atoms with E-state index in [0.29, 0.717) is 13.1 Å². The van der Waals surface area contributed by atoms with E-state index in [1.54, 1.807) is 11.2 Å². The van der Waals surface area contributed by atoms with E-state index in [2.05, 4.69) is 5.32 Å². The summed E-state index contributed by atoms with van der Waals surface area (Å²) in [5, 5.41) is 2.76. The van der Waals surface area contributed by atoms with Crippen molar-refractivity contribution in [3.05, 3.63) is 0 Å². The van der Waals surface area contributed by atoms with E-state index in [4.69, 9.17) is 0 Å². The first-order valence-electron chi connectivity index (χ1n) is 5.79. The third-order valence-electron chi connectivity index (χ3n) is 2.82. The van der Waals surface area contributed by atoms with Crippen LogP contribution in [0.1, 0.15) is 20.8 Å². The van der Waals surface area contributed by atoms with Gasteiger partial charge in [-0.2, -0.15) is 16.1 Å². The molecule has 0 aromatic rings. The first-order chi connectivity index (χ1) is 7.50. The fourth-order valence-corrected chi connectivity index (χ4v) is 4.71. The van der Waals surface area contributed by atoms with Gasteiger partial charge in [-0.15, -0.1) is 0 Å². The van der Waals surface area contributed by atoms with Gasteiger partial charge in [0.2, 0.25) is 10.0 Å². The summed E-state index contributed by atoms with van der Waals surface area (Å²) in [5.74, 6) is 1.82. The first kappa shape index (κ1) is 14.3. The Morgan fingerprint density at radius 2 is 2.25 bits per heavy atom. The third kappa shape index (κ3) is 3.35.